The first-order valence-electron chi connectivity index (χ1n) is 16.9. The third-order valence-electron chi connectivity index (χ3n) is 10.7. The fraction of sp³-hybridized carbons (Fsp3) is 0.500. The molecule has 0 saturated heterocycles. The molecule has 0 N–H and O–H groups in total. The van der Waals surface area contributed by atoms with Crippen molar-refractivity contribution >= 4 is 18.2 Å². The minimum absolute atomic E-state index is 0.140. The molecule has 3 aliphatic carbocycles. The SMILES string of the molecule is CC(C)[Si](C#Cc1ccc(OS(=O)(=O)C(F)(F)F)c2c1[C@@H]1c3cc(C(C)(C)C)ccc3[C@H]2c2cc(C(C)(C)C)ccc21)(C(C)C)C(C)C. The molecule has 2 bridgehead atoms. The predicted molar refractivity (Wildman–Crippen MR) is 192 cm³/mol. The molecule has 0 amide bonds. The Bertz CT molecular complexity index is 1910. The van der Waals surface area contributed by atoms with Gasteiger partial charge >= 0.3 is 15.6 Å². The monoisotopic (exact) mass is 694 g/mol. The zero-order chi connectivity index (χ0) is 35.9. The average Bonchev–Trinajstić information content (AvgIpc) is 2.95. The lowest BCUT2D eigenvalue weighted by Crippen LogP contribution is -2.43. The van der Waals surface area contributed by atoms with E-state index in [9.17, 15) is 21.6 Å². The molecule has 3 nitrogen and oxygen atoms in total. The van der Waals surface area contributed by atoms with E-state index in [1.165, 1.54) is 6.07 Å². The molecular formula is C40H49F3O3SSi. The van der Waals surface area contributed by atoms with Gasteiger partial charge in [-0.1, -0.05) is 125 Å². The van der Waals surface area contributed by atoms with Gasteiger partial charge in [-0.3, -0.25) is 0 Å². The molecule has 3 aliphatic rings. The number of alkyl halides is 3. The van der Waals surface area contributed by atoms with Crippen LogP contribution >= 0.6 is 0 Å². The van der Waals surface area contributed by atoms with Crippen molar-refractivity contribution in [3.63, 3.8) is 0 Å². The quantitative estimate of drug-likeness (QED) is 0.0796. The van der Waals surface area contributed by atoms with Crippen LogP contribution in [0.15, 0.2) is 48.5 Å². The van der Waals surface area contributed by atoms with Crippen molar-refractivity contribution in [2.45, 2.75) is 128 Å². The van der Waals surface area contributed by atoms with E-state index in [1.54, 1.807) is 6.07 Å². The van der Waals surface area contributed by atoms with Gasteiger partial charge in [0.25, 0.3) is 0 Å². The summed E-state index contributed by atoms with van der Waals surface area (Å²) in [4.78, 5) is 0. The minimum Gasteiger partial charge on any atom is -0.376 e. The van der Waals surface area contributed by atoms with Crippen molar-refractivity contribution < 1.29 is 25.8 Å². The highest BCUT2D eigenvalue weighted by Gasteiger charge is 2.51. The van der Waals surface area contributed by atoms with Crippen molar-refractivity contribution in [2.75, 3.05) is 0 Å². The van der Waals surface area contributed by atoms with Crippen LogP contribution in [0.2, 0.25) is 16.6 Å². The third-order valence-corrected chi connectivity index (χ3v) is 18.0. The van der Waals surface area contributed by atoms with E-state index in [-0.39, 0.29) is 22.5 Å². The molecule has 3 aromatic carbocycles. The van der Waals surface area contributed by atoms with Crippen LogP contribution < -0.4 is 4.18 Å². The van der Waals surface area contributed by atoms with Crippen LogP contribution in [0.3, 0.4) is 0 Å². The number of hydrogen-bond donors (Lipinski definition) is 0. The summed E-state index contributed by atoms with van der Waals surface area (Å²) in [5, 5.41) is 0. The lowest BCUT2D eigenvalue weighted by Gasteiger charge is -2.44. The molecule has 0 heterocycles. The second kappa shape index (κ2) is 11.8. The van der Waals surface area contributed by atoms with Gasteiger partial charge in [0.2, 0.25) is 0 Å². The highest BCUT2D eigenvalue weighted by molar-refractivity contribution is 7.88. The highest BCUT2D eigenvalue weighted by atomic mass is 32.2. The lowest BCUT2D eigenvalue weighted by molar-refractivity contribution is -0.0500. The zero-order valence-corrected chi connectivity index (χ0v) is 32.1. The fourth-order valence-electron chi connectivity index (χ4n) is 8.25. The maximum Gasteiger partial charge on any atom is 0.534 e. The van der Waals surface area contributed by atoms with Crippen molar-refractivity contribution in [2.24, 2.45) is 0 Å². The molecule has 6 rings (SSSR count). The number of benzene rings is 3. The van der Waals surface area contributed by atoms with Gasteiger partial charge in [0, 0.05) is 23.0 Å². The molecule has 0 aliphatic heterocycles. The zero-order valence-electron chi connectivity index (χ0n) is 30.3. The molecular weight excluding hydrogens is 646 g/mol. The van der Waals surface area contributed by atoms with E-state index >= 15 is 0 Å². The maximum atomic E-state index is 13.8. The third kappa shape index (κ3) is 5.83. The van der Waals surface area contributed by atoms with Crippen LogP contribution in [0.1, 0.15) is 145 Å². The molecule has 0 radical (unpaired) electrons. The number of hydrogen-bond acceptors (Lipinski definition) is 3. The Hall–Kier alpha value is -3.02. The van der Waals surface area contributed by atoms with E-state index in [0.29, 0.717) is 27.8 Å². The average molecular weight is 695 g/mol. The molecule has 2 atom stereocenters. The van der Waals surface area contributed by atoms with E-state index in [4.69, 9.17) is 4.18 Å². The van der Waals surface area contributed by atoms with Crippen LogP contribution in [0.5, 0.6) is 5.75 Å². The molecule has 3 aromatic rings. The number of rotatable bonds is 5. The second-order valence-corrected chi connectivity index (χ2v) is 23.7. The molecule has 258 valence electrons. The van der Waals surface area contributed by atoms with E-state index in [0.717, 1.165) is 38.9 Å². The molecule has 0 aromatic heterocycles. The van der Waals surface area contributed by atoms with Crippen molar-refractivity contribution in [3.05, 3.63) is 98.6 Å². The summed E-state index contributed by atoms with van der Waals surface area (Å²) in [6.07, 6.45) is 0. The van der Waals surface area contributed by atoms with E-state index in [1.807, 2.05) is 0 Å². The molecule has 0 saturated carbocycles. The summed E-state index contributed by atoms with van der Waals surface area (Å²) in [7, 11) is -8.12. The molecule has 0 unspecified atom stereocenters. The van der Waals surface area contributed by atoms with E-state index in [2.05, 4.69) is 131 Å². The summed E-state index contributed by atoms with van der Waals surface area (Å²) >= 11 is 0. The van der Waals surface area contributed by atoms with Crippen LogP contribution in [-0.2, 0) is 20.9 Å². The predicted octanol–water partition coefficient (Wildman–Crippen LogP) is 11.1. The molecule has 48 heavy (non-hydrogen) atoms. The van der Waals surface area contributed by atoms with Gasteiger partial charge in [-0.15, -0.1) is 5.54 Å². The minimum atomic E-state index is -5.92. The molecule has 0 spiro atoms. The van der Waals surface area contributed by atoms with Crippen LogP contribution in [0.25, 0.3) is 0 Å². The Morgan fingerprint density at radius 3 is 1.50 bits per heavy atom. The lowest BCUT2D eigenvalue weighted by atomic mass is 9.59. The van der Waals surface area contributed by atoms with Gasteiger partial charge in [0.15, 0.2) is 0 Å². The van der Waals surface area contributed by atoms with Gasteiger partial charge in [0.1, 0.15) is 13.8 Å². The van der Waals surface area contributed by atoms with Crippen molar-refractivity contribution in [1.82, 2.24) is 0 Å². The van der Waals surface area contributed by atoms with Crippen LogP contribution in [0, 0.1) is 11.5 Å². The first-order chi connectivity index (χ1) is 21.9. The Labute approximate surface area is 286 Å². The Morgan fingerprint density at radius 1 is 0.667 bits per heavy atom. The smallest absolute Gasteiger partial charge is 0.376 e. The summed E-state index contributed by atoms with van der Waals surface area (Å²) in [5.74, 6) is 2.40. The Balaban J connectivity index is 1.90. The second-order valence-electron chi connectivity index (χ2n) is 16.6. The first-order valence-corrected chi connectivity index (χ1v) is 20.6. The fourth-order valence-corrected chi connectivity index (χ4v) is 13.9. The van der Waals surface area contributed by atoms with Crippen molar-refractivity contribution in [1.29, 1.82) is 0 Å². The standard InChI is InChI=1S/C40H49F3O3SSi/c1-23(2)48(24(3)4,25(5)6)20-19-26-13-18-33(46-47(44,45)40(41,42)43)37-34(26)35-29-16-14-28(39(10,11)12)22-32(29)36(37)30-17-15-27(21-31(30)35)38(7,8)9/h13-18,21-25,35-36H,1-12H3/t35-,36-/m0/s1. The van der Waals surface area contributed by atoms with Gasteiger partial charge in [-0.2, -0.15) is 21.6 Å². The molecule has 8 heteroatoms. The Morgan fingerprint density at radius 2 is 1.10 bits per heavy atom. The van der Waals surface area contributed by atoms with Crippen molar-refractivity contribution in [3.8, 4) is 17.2 Å². The van der Waals surface area contributed by atoms with Gasteiger partial charge in [0.05, 0.1) is 0 Å². The summed E-state index contributed by atoms with van der Waals surface area (Å²) in [5.41, 5.74) is 7.27. The van der Waals surface area contributed by atoms with Gasteiger partial charge in [-0.25, -0.2) is 0 Å². The largest absolute Gasteiger partial charge is 0.534 e. The topological polar surface area (TPSA) is 43.4 Å². The highest BCUT2D eigenvalue weighted by Crippen LogP contribution is 2.60. The van der Waals surface area contributed by atoms with Gasteiger partial charge in [-0.05, 0) is 78.5 Å². The van der Waals surface area contributed by atoms with Crippen LogP contribution in [-0.4, -0.2) is 22.0 Å². The normalized spacial score (nSPS) is 17.6. The summed E-state index contributed by atoms with van der Waals surface area (Å²) in [6.45, 7) is 26.3. The molecule has 0 fully saturated rings. The van der Waals surface area contributed by atoms with Gasteiger partial charge < -0.3 is 4.18 Å². The summed E-state index contributed by atoms with van der Waals surface area (Å²) < 4.78 is 71.5. The van der Waals surface area contributed by atoms with E-state index < -0.39 is 29.6 Å². The summed E-state index contributed by atoms with van der Waals surface area (Å²) in [6, 6.07) is 15.9. The first kappa shape index (κ1) is 36.3. The van der Waals surface area contributed by atoms with Crippen LogP contribution in [0.4, 0.5) is 13.2 Å². The number of halogens is 3. The maximum absolute atomic E-state index is 13.8. The Kier molecular flexibility index (Phi) is 8.91.